The number of nitrogens with zero attached hydrogens (tertiary/aromatic N) is 1. The van der Waals surface area contributed by atoms with Crippen molar-refractivity contribution in [1.29, 1.82) is 0 Å². The first-order chi connectivity index (χ1) is 7.33. The number of piperidine rings is 1. The number of hydrogen-bond acceptors (Lipinski definition) is 3. The van der Waals surface area contributed by atoms with Gasteiger partial charge in [-0.05, 0) is 27.2 Å². The fourth-order valence-electron chi connectivity index (χ4n) is 1.57. The molecule has 1 fully saturated rings. The molecule has 0 saturated carbocycles. The van der Waals surface area contributed by atoms with Crippen molar-refractivity contribution in [3.05, 3.63) is 0 Å². The minimum absolute atomic E-state index is 0.0572. The van der Waals surface area contributed by atoms with Gasteiger partial charge in [0.2, 0.25) is 0 Å². The Morgan fingerprint density at radius 3 is 2.56 bits per heavy atom. The predicted octanol–water partition coefficient (Wildman–Crippen LogP) is 1.78. The Labute approximate surface area is 94.7 Å². The zero-order valence-corrected chi connectivity index (χ0v) is 9.90. The number of aldehydes is 1. The summed E-state index contributed by atoms with van der Waals surface area (Å²) in [6.07, 6.45) is -0.806. The molecule has 0 spiro atoms. The second-order valence-corrected chi connectivity index (χ2v) is 5.03. The summed E-state index contributed by atoms with van der Waals surface area (Å²) in [5.41, 5.74) is -0.579. The standard InChI is InChI=1S/C11H18FNO3/c1-11(2,3)16-10(15)13-5-4-8(7-14)9(12)6-13/h7-9H,4-6H2,1-3H3/t8-,9-/m1/s1. The lowest BCUT2D eigenvalue weighted by Gasteiger charge is -2.33. The van der Waals surface area contributed by atoms with Crippen LogP contribution in [-0.2, 0) is 9.53 Å². The Bertz CT molecular complexity index is 275. The van der Waals surface area contributed by atoms with Gasteiger partial charge in [-0.15, -0.1) is 0 Å². The van der Waals surface area contributed by atoms with E-state index in [4.69, 9.17) is 4.74 Å². The van der Waals surface area contributed by atoms with Crippen molar-refractivity contribution in [2.24, 2.45) is 5.92 Å². The van der Waals surface area contributed by atoms with Gasteiger partial charge in [-0.25, -0.2) is 9.18 Å². The van der Waals surface area contributed by atoms with Gasteiger partial charge < -0.3 is 14.4 Å². The van der Waals surface area contributed by atoms with Gasteiger partial charge in [0.1, 0.15) is 18.1 Å². The molecule has 4 nitrogen and oxygen atoms in total. The smallest absolute Gasteiger partial charge is 0.410 e. The summed E-state index contributed by atoms with van der Waals surface area (Å²) < 4.78 is 18.5. The molecule has 0 bridgehead atoms. The monoisotopic (exact) mass is 231 g/mol. The first-order valence-electron chi connectivity index (χ1n) is 5.41. The minimum atomic E-state index is -1.28. The zero-order chi connectivity index (χ0) is 12.3. The Balaban J connectivity index is 2.51. The number of amides is 1. The van der Waals surface area contributed by atoms with Gasteiger partial charge in [0.15, 0.2) is 0 Å². The molecule has 0 unspecified atom stereocenters. The number of ether oxygens (including phenoxy) is 1. The van der Waals surface area contributed by atoms with Crippen LogP contribution in [0.25, 0.3) is 0 Å². The van der Waals surface area contributed by atoms with Gasteiger partial charge in [-0.2, -0.15) is 0 Å². The van der Waals surface area contributed by atoms with Crippen LogP contribution in [0.4, 0.5) is 9.18 Å². The Hall–Kier alpha value is -1.13. The maximum Gasteiger partial charge on any atom is 0.410 e. The third-order valence-corrected chi connectivity index (χ3v) is 2.42. The third kappa shape index (κ3) is 3.47. The molecule has 2 atom stereocenters. The normalized spacial score (nSPS) is 26.4. The van der Waals surface area contributed by atoms with Gasteiger partial charge in [-0.3, -0.25) is 0 Å². The number of carbonyl (C=O) groups excluding carboxylic acids is 2. The number of halogens is 1. The lowest BCUT2D eigenvalue weighted by molar-refractivity contribution is -0.114. The van der Waals surface area contributed by atoms with E-state index in [0.29, 0.717) is 19.3 Å². The molecule has 0 aromatic heterocycles. The molecule has 1 saturated heterocycles. The molecule has 0 N–H and O–H groups in total. The number of likely N-dealkylation sites (tertiary alicyclic amines) is 1. The highest BCUT2D eigenvalue weighted by molar-refractivity contribution is 5.68. The van der Waals surface area contributed by atoms with E-state index in [0.717, 1.165) is 0 Å². The summed E-state index contributed by atoms with van der Waals surface area (Å²) in [6.45, 7) is 5.60. The van der Waals surface area contributed by atoms with Crippen LogP contribution in [0.15, 0.2) is 0 Å². The summed E-state index contributed by atoms with van der Waals surface area (Å²) >= 11 is 0. The molecule has 92 valence electrons. The second-order valence-electron chi connectivity index (χ2n) is 5.03. The van der Waals surface area contributed by atoms with E-state index in [2.05, 4.69) is 0 Å². The Morgan fingerprint density at radius 2 is 2.12 bits per heavy atom. The average molecular weight is 231 g/mol. The molecule has 1 amide bonds. The van der Waals surface area contributed by atoms with E-state index in [-0.39, 0.29) is 6.54 Å². The third-order valence-electron chi connectivity index (χ3n) is 2.42. The van der Waals surface area contributed by atoms with E-state index in [1.54, 1.807) is 20.8 Å². The Kier molecular flexibility index (Phi) is 3.88. The van der Waals surface area contributed by atoms with Crippen molar-refractivity contribution in [1.82, 2.24) is 4.90 Å². The summed E-state index contributed by atoms with van der Waals surface area (Å²) in [5, 5.41) is 0. The predicted molar refractivity (Wildman–Crippen MR) is 56.9 cm³/mol. The largest absolute Gasteiger partial charge is 0.444 e. The Morgan fingerprint density at radius 1 is 1.50 bits per heavy atom. The fraction of sp³-hybridized carbons (Fsp3) is 0.818. The molecule has 1 aliphatic rings. The average Bonchev–Trinajstić information content (AvgIpc) is 2.15. The topological polar surface area (TPSA) is 46.6 Å². The molecule has 1 heterocycles. The number of alkyl halides is 1. The first-order valence-corrected chi connectivity index (χ1v) is 5.41. The lowest BCUT2D eigenvalue weighted by Crippen LogP contribution is -2.47. The molecular formula is C11H18FNO3. The summed E-state index contributed by atoms with van der Waals surface area (Å²) in [7, 11) is 0. The van der Waals surface area contributed by atoms with Crippen molar-refractivity contribution in [2.75, 3.05) is 13.1 Å². The van der Waals surface area contributed by atoms with Gasteiger partial charge in [0.25, 0.3) is 0 Å². The highest BCUT2D eigenvalue weighted by Gasteiger charge is 2.33. The van der Waals surface area contributed by atoms with Crippen LogP contribution in [0.5, 0.6) is 0 Å². The van der Waals surface area contributed by atoms with Gasteiger partial charge in [0.05, 0.1) is 6.54 Å². The molecule has 0 radical (unpaired) electrons. The highest BCUT2D eigenvalue weighted by Crippen LogP contribution is 2.20. The molecule has 0 aliphatic carbocycles. The van der Waals surface area contributed by atoms with Crippen LogP contribution < -0.4 is 0 Å². The van der Waals surface area contributed by atoms with Crippen LogP contribution >= 0.6 is 0 Å². The number of carbonyl (C=O) groups is 2. The fourth-order valence-corrected chi connectivity index (χ4v) is 1.57. The van der Waals surface area contributed by atoms with Crippen LogP contribution in [-0.4, -0.2) is 42.1 Å². The molecule has 0 aromatic carbocycles. The van der Waals surface area contributed by atoms with Crippen molar-refractivity contribution in [2.45, 2.75) is 39.0 Å². The molecular weight excluding hydrogens is 213 g/mol. The van der Waals surface area contributed by atoms with Crippen LogP contribution in [0.3, 0.4) is 0 Å². The maximum absolute atomic E-state index is 13.4. The molecule has 0 aromatic rings. The van der Waals surface area contributed by atoms with E-state index >= 15 is 0 Å². The van der Waals surface area contributed by atoms with Gasteiger partial charge in [0, 0.05) is 12.5 Å². The SMILES string of the molecule is CC(C)(C)OC(=O)N1CC[C@H](C=O)[C@H](F)C1. The van der Waals surface area contributed by atoms with Crippen molar-refractivity contribution in [3.8, 4) is 0 Å². The summed E-state index contributed by atoms with van der Waals surface area (Å²) in [5.74, 6) is -0.585. The van der Waals surface area contributed by atoms with E-state index in [1.165, 1.54) is 4.90 Å². The zero-order valence-electron chi connectivity index (χ0n) is 9.90. The van der Waals surface area contributed by atoms with Crippen LogP contribution in [0.1, 0.15) is 27.2 Å². The maximum atomic E-state index is 13.4. The first kappa shape index (κ1) is 12.9. The molecule has 16 heavy (non-hydrogen) atoms. The second kappa shape index (κ2) is 4.80. The lowest BCUT2D eigenvalue weighted by atomic mass is 9.97. The van der Waals surface area contributed by atoms with Crippen LogP contribution in [0.2, 0.25) is 0 Å². The van der Waals surface area contributed by atoms with Crippen molar-refractivity contribution in [3.63, 3.8) is 0 Å². The highest BCUT2D eigenvalue weighted by atomic mass is 19.1. The quantitative estimate of drug-likeness (QED) is 0.646. The van der Waals surface area contributed by atoms with Gasteiger partial charge in [-0.1, -0.05) is 0 Å². The molecule has 5 heteroatoms. The van der Waals surface area contributed by atoms with Crippen LogP contribution in [0, 0.1) is 5.92 Å². The number of rotatable bonds is 1. The van der Waals surface area contributed by atoms with E-state index in [1.807, 2.05) is 0 Å². The molecule has 1 rings (SSSR count). The summed E-state index contributed by atoms with van der Waals surface area (Å²) in [4.78, 5) is 23.4. The van der Waals surface area contributed by atoms with E-state index < -0.39 is 23.8 Å². The molecule has 1 aliphatic heterocycles. The van der Waals surface area contributed by atoms with Gasteiger partial charge >= 0.3 is 6.09 Å². The van der Waals surface area contributed by atoms with Crippen molar-refractivity contribution >= 4 is 12.4 Å². The minimum Gasteiger partial charge on any atom is -0.444 e. The van der Waals surface area contributed by atoms with Crippen molar-refractivity contribution < 1.29 is 18.7 Å². The summed E-state index contributed by atoms with van der Waals surface area (Å²) in [6, 6.07) is 0. The number of hydrogen-bond donors (Lipinski definition) is 0. The van der Waals surface area contributed by atoms with E-state index in [9.17, 15) is 14.0 Å².